The third kappa shape index (κ3) is 4.00. The lowest BCUT2D eigenvalue weighted by Crippen LogP contribution is -2.00. The molecule has 0 radical (unpaired) electrons. The molecule has 1 aromatic heterocycles. The molecule has 0 aliphatic rings. The summed E-state index contributed by atoms with van der Waals surface area (Å²) in [5.41, 5.74) is 2.82. The van der Waals surface area contributed by atoms with Gasteiger partial charge in [-0.05, 0) is 58.7 Å². The van der Waals surface area contributed by atoms with Gasteiger partial charge in [0.05, 0.1) is 5.69 Å². The van der Waals surface area contributed by atoms with Crippen LogP contribution in [0.3, 0.4) is 0 Å². The Hall–Kier alpha value is -2.11. The predicted octanol–water partition coefficient (Wildman–Crippen LogP) is 5.69. The monoisotopic (exact) mass is 388 g/mol. The quantitative estimate of drug-likeness (QED) is 0.602. The van der Waals surface area contributed by atoms with E-state index in [0.29, 0.717) is 16.8 Å². The van der Waals surface area contributed by atoms with Gasteiger partial charge in [0.25, 0.3) is 0 Å². The Morgan fingerprint density at radius 1 is 1.04 bits per heavy atom. The van der Waals surface area contributed by atoms with Gasteiger partial charge in [0.1, 0.15) is 5.82 Å². The van der Waals surface area contributed by atoms with E-state index in [1.807, 2.05) is 55.5 Å². The maximum Gasteiger partial charge on any atom is 0.229 e. The van der Waals surface area contributed by atoms with Gasteiger partial charge in [-0.25, -0.2) is 4.98 Å². The van der Waals surface area contributed by atoms with Crippen LogP contribution in [0.2, 0.25) is 5.02 Å². The van der Waals surface area contributed by atoms with Crippen molar-refractivity contribution in [3.8, 4) is 0 Å². The molecule has 0 fully saturated rings. The summed E-state index contributed by atoms with van der Waals surface area (Å²) in [5.74, 6) is 1.20. The van der Waals surface area contributed by atoms with Crippen LogP contribution in [-0.2, 0) is 0 Å². The smallest absolute Gasteiger partial charge is 0.229 e. The van der Waals surface area contributed by atoms with E-state index in [4.69, 9.17) is 11.6 Å². The molecule has 1 heterocycles. The number of hydrogen-bond donors (Lipinski definition) is 2. The second-order valence-corrected chi connectivity index (χ2v) is 6.22. The lowest BCUT2D eigenvalue weighted by Gasteiger charge is -2.10. The molecule has 2 aromatic carbocycles. The molecular formula is C17H14BrClN4. The van der Waals surface area contributed by atoms with Crippen molar-refractivity contribution in [3.05, 3.63) is 69.8 Å². The highest BCUT2D eigenvalue weighted by Gasteiger charge is 2.04. The van der Waals surface area contributed by atoms with Gasteiger partial charge in [-0.3, -0.25) is 0 Å². The molecule has 0 amide bonds. The fourth-order valence-corrected chi connectivity index (χ4v) is 2.55. The van der Waals surface area contributed by atoms with E-state index in [1.165, 1.54) is 0 Å². The zero-order chi connectivity index (χ0) is 16.2. The molecule has 2 N–H and O–H groups in total. The Labute approximate surface area is 148 Å². The van der Waals surface area contributed by atoms with Crippen molar-refractivity contribution in [2.24, 2.45) is 0 Å². The van der Waals surface area contributed by atoms with E-state index in [0.717, 1.165) is 21.4 Å². The number of halogens is 2. The van der Waals surface area contributed by atoms with Crippen LogP contribution < -0.4 is 10.6 Å². The highest BCUT2D eigenvalue weighted by molar-refractivity contribution is 9.10. The van der Waals surface area contributed by atoms with Gasteiger partial charge in [0.15, 0.2) is 0 Å². The highest BCUT2D eigenvalue weighted by Crippen LogP contribution is 2.25. The predicted molar refractivity (Wildman–Crippen MR) is 98.9 cm³/mol. The summed E-state index contributed by atoms with van der Waals surface area (Å²) >= 11 is 9.64. The van der Waals surface area contributed by atoms with Gasteiger partial charge in [-0.1, -0.05) is 29.8 Å². The molecule has 23 heavy (non-hydrogen) atoms. The number of nitrogens with one attached hydrogen (secondary N) is 2. The zero-order valence-electron chi connectivity index (χ0n) is 12.3. The Balaban J connectivity index is 1.79. The van der Waals surface area contributed by atoms with Gasteiger partial charge >= 0.3 is 0 Å². The Kier molecular flexibility index (Phi) is 4.79. The summed E-state index contributed by atoms with van der Waals surface area (Å²) < 4.78 is 0.971. The summed E-state index contributed by atoms with van der Waals surface area (Å²) in [6.45, 7) is 1.96. The second kappa shape index (κ2) is 6.98. The van der Waals surface area contributed by atoms with E-state index in [1.54, 1.807) is 6.20 Å². The van der Waals surface area contributed by atoms with E-state index >= 15 is 0 Å². The standard InChI is InChI=1S/C17H14BrClN4/c1-11-6-7-12(10-14(11)19)21-17-20-9-8-16(23-17)22-15-5-3-2-4-13(15)18/h2-10H,1H3,(H2,20,21,22,23). The van der Waals surface area contributed by atoms with Crippen LogP contribution in [0.15, 0.2) is 59.2 Å². The molecule has 3 aromatic rings. The summed E-state index contributed by atoms with van der Waals surface area (Å²) in [5, 5.41) is 7.12. The topological polar surface area (TPSA) is 49.8 Å². The fraction of sp³-hybridized carbons (Fsp3) is 0.0588. The molecule has 0 atom stereocenters. The molecular weight excluding hydrogens is 376 g/mol. The van der Waals surface area contributed by atoms with Gasteiger partial charge in [0.2, 0.25) is 5.95 Å². The van der Waals surface area contributed by atoms with Crippen LogP contribution in [-0.4, -0.2) is 9.97 Å². The van der Waals surface area contributed by atoms with E-state index < -0.39 is 0 Å². The van der Waals surface area contributed by atoms with Crippen LogP contribution in [0.4, 0.5) is 23.1 Å². The molecule has 4 nitrogen and oxygen atoms in total. The van der Waals surface area contributed by atoms with Crippen LogP contribution in [0.1, 0.15) is 5.56 Å². The molecule has 0 unspecified atom stereocenters. The van der Waals surface area contributed by atoms with Crippen molar-refractivity contribution in [2.45, 2.75) is 6.92 Å². The summed E-state index contributed by atoms with van der Waals surface area (Å²) in [7, 11) is 0. The maximum atomic E-state index is 6.14. The largest absolute Gasteiger partial charge is 0.339 e. The third-order valence-electron chi connectivity index (χ3n) is 3.22. The van der Waals surface area contributed by atoms with Gasteiger partial charge < -0.3 is 10.6 Å². The number of hydrogen-bond acceptors (Lipinski definition) is 4. The molecule has 0 aliphatic carbocycles. The average molecular weight is 390 g/mol. The molecule has 0 saturated carbocycles. The number of benzene rings is 2. The molecule has 0 saturated heterocycles. The van der Waals surface area contributed by atoms with Crippen LogP contribution in [0.25, 0.3) is 0 Å². The molecule has 0 bridgehead atoms. The number of aryl methyl sites for hydroxylation is 1. The van der Waals surface area contributed by atoms with Crippen LogP contribution in [0.5, 0.6) is 0 Å². The first-order chi connectivity index (χ1) is 11.1. The Morgan fingerprint density at radius 3 is 2.65 bits per heavy atom. The number of aromatic nitrogens is 2. The van der Waals surface area contributed by atoms with Crippen molar-refractivity contribution < 1.29 is 0 Å². The Bertz CT molecular complexity index is 838. The van der Waals surface area contributed by atoms with Gasteiger partial charge in [-0.15, -0.1) is 0 Å². The molecule has 3 rings (SSSR count). The van der Waals surface area contributed by atoms with E-state index in [2.05, 4.69) is 36.5 Å². The third-order valence-corrected chi connectivity index (χ3v) is 4.32. The first-order valence-corrected chi connectivity index (χ1v) is 8.17. The minimum Gasteiger partial charge on any atom is -0.339 e. The van der Waals surface area contributed by atoms with E-state index in [-0.39, 0.29) is 0 Å². The van der Waals surface area contributed by atoms with Crippen molar-refractivity contribution >= 4 is 50.7 Å². The van der Waals surface area contributed by atoms with Gasteiger partial charge in [-0.2, -0.15) is 4.98 Å². The van der Waals surface area contributed by atoms with Crippen molar-refractivity contribution in [1.29, 1.82) is 0 Å². The minimum atomic E-state index is 0.502. The Morgan fingerprint density at radius 2 is 1.87 bits per heavy atom. The number of anilines is 4. The van der Waals surface area contributed by atoms with Crippen molar-refractivity contribution in [1.82, 2.24) is 9.97 Å². The average Bonchev–Trinajstić information content (AvgIpc) is 2.54. The minimum absolute atomic E-state index is 0.502. The number of nitrogens with zero attached hydrogens (tertiary/aromatic N) is 2. The summed E-state index contributed by atoms with van der Waals surface area (Å²) in [6.07, 6.45) is 1.70. The van der Waals surface area contributed by atoms with E-state index in [9.17, 15) is 0 Å². The first kappa shape index (κ1) is 15.8. The normalized spacial score (nSPS) is 10.4. The zero-order valence-corrected chi connectivity index (χ0v) is 14.7. The number of rotatable bonds is 4. The first-order valence-electron chi connectivity index (χ1n) is 6.99. The second-order valence-electron chi connectivity index (χ2n) is 4.96. The van der Waals surface area contributed by atoms with Crippen molar-refractivity contribution in [3.63, 3.8) is 0 Å². The van der Waals surface area contributed by atoms with Crippen LogP contribution in [0, 0.1) is 6.92 Å². The lowest BCUT2D eigenvalue weighted by molar-refractivity contribution is 1.16. The number of para-hydroxylation sites is 1. The SMILES string of the molecule is Cc1ccc(Nc2nccc(Nc3ccccc3Br)n2)cc1Cl. The van der Waals surface area contributed by atoms with Gasteiger partial charge in [0, 0.05) is 21.4 Å². The lowest BCUT2D eigenvalue weighted by atomic mass is 10.2. The molecule has 0 aliphatic heterocycles. The molecule has 116 valence electrons. The molecule has 6 heteroatoms. The summed E-state index contributed by atoms with van der Waals surface area (Å²) in [4.78, 5) is 8.69. The summed E-state index contributed by atoms with van der Waals surface area (Å²) in [6, 6.07) is 15.4. The van der Waals surface area contributed by atoms with Crippen molar-refractivity contribution in [2.75, 3.05) is 10.6 Å². The highest BCUT2D eigenvalue weighted by atomic mass is 79.9. The molecule has 0 spiro atoms. The maximum absolute atomic E-state index is 6.14. The van der Waals surface area contributed by atoms with Crippen LogP contribution >= 0.6 is 27.5 Å². The fourth-order valence-electron chi connectivity index (χ4n) is 1.99.